The van der Waals surface area contributed by atoms with Crippen LogP contribution in [-0.4, -0.2) is 4.57 Å². The number of hydrogen-bond donors (Lipinski definition) is 0. The van der Waals surface area contributed by atoms with E-state index in [-0.39, 0.29) is 0 Å². The first kappa shape index (κ1) is 31.2. The molecule has 0 saturated heterocycles. The fourth-order valence-electron chi connectivity index (χ4n) is 8.35. The summed E-state index contributed by atoms with van der Waals surface area (Å²) in [6, 6.07) is 74.0. The van der Waals surface area contributed by atoms with Gasteiger partial charge in [0.05, 0.1) is 16.7 Å². The molecule has 0 N–H and O–H groups in total. The third kappa shape index (κ3) is 5.20. The lowest BCUT2D eigenvalue weighted by Gasteiger charge is -2.27. The van der Waals surface area contributed by atoms with Crippen LogP contribution in [0.15, 0.2) is 211 Å². The van der Waals surface area contributed by atoms with Crippen LogP contribution in [0.4, 0.5) is 17.1 Å². The van der Waals surface area contributed by atoms with Crippen LogP contribution in [0.5, 0.6) is 0 Å². The summed E-state index contributed by atoms with van der Waals surface area (Å²) in [6.07, 6.45) is 0. The first-order valence-electron chi connectivity index (χ1n) is 18.8. The number of furan rings is 1. The van der Waals surface area contributed by atoms with Crippen molar-refractivity contribution < 1.29 is 4.42 Å². The number of fused-ring (bicyclic) bond motifs is 7. The standard InChI is InChI=1S/C52H34N2O/c1-2-13-40(14-3-1)54-49-18-8-6-16-44(49)47-33-38(26-32-50(47)54)35-21-27-41(28-22-35)53(48-19-10-12-37-11-4-5-15-43(37)48)42-29-23-36(24-30-42)39-25-31-46-45-17-7-9-20-51(45)55-52(46)34-39/h1-34H. The van der Waals surface area contributed by atoms with Gasteiger partial charge in [0.2, 0.25) is 0 Å². The summed E-state index contributed by atoms with van der Waals surface area (Å²) in [6.45, 7) is 0. The SMILES string of the molecule is c1ccc(-n2c3ccccc3c3cc(-c4ccc(N(c5ccc(-c6ccc7c(c6)oc6ccccc67)cc5)c5cccc6ccccc56)cc4)ccc32)cc1. The van der Waals surface area contributed by atoms with Crippen LogP contribution in [0.3, 0.4) is 0 Å². The first-order chi connectivity index (χ1) is 27.3. The molecule has 0 atom stereocenters. The Labute approximate surface area is 318 Å². The lowest BCUT2D eigenvalue weighted by Crippen LogP contribution is -2.10. The minimum absolute atomic E-state index is 0.904. The van der Waals surface area contributed by atoms with E-state index in [4.69, 9.17) is 4.42 Å². The Morgan fingerprint density at radius 1 is 0.345 bits per heavy atom. The molecule has 0 spiro atoms. The maximum atomic E-state index is 6.22. The Balaban J connectivity index is 0.990. The van der Waals surface area contributed by atoms with Crippen LogP contribution in [0.1, 0.15) is 0 Å². The minimum atomic E-state index is 0.904. The fourth-order valence-corrected chi connectivity index (χ4v) is 8.35. The molecule has 2 aromatic heterocycles. The second-order valence-electron chi connectivity index (χ2n) is 14.2. The molecule has 0 radical (unpaired) electrons. The average Bonchev–Trinajstić information content (AvgIpc) is 3.80. The Bertz CT molecular complexity index is 3180. The quantitative estimate of drug-likeness (QED) is 0.172. The lowest BCUT2D eigenvalue weighted by molar-refractivity contribution is 0.669. The zero-order chi connectivity index (χ0) is 36.3. The van der Waals surface area contributed by atoms with Crippen molar-refractivity contribution in [3.05, 3.63) is 206 Å². The van der Waals surface area contributed by atoms with E-state index in [1.807, 2.05) is 12.1 Å². The molecule has 0 fully saturated rings. The molecule has 0 aliphatic carbocycles. The highest BCUT2D eigenvalue weighted by Crippen LogP contribution is 2.41. The molecule has 3 heteroatoms. The summed E-state index contributed by atoms with van der Waals surface area (Å²) < 4.78 is 8.59. The van der Waals surface area contributed by atoms with E-state index in [1.54, 1.807) is 0 Å². The van der Waals surface area contributed by atoms with Crippen LogP contribution in [0.25, 0.3) is 82.5 Å². The van der Waals surface area contributed by atoms with Crippen molar-refractivity contribution in [2.75, 3.05) is 4.90 Å². The maximum Gasteiger partial charge on any atom is 0.136 e. The molecule has 0 aliphatic rings. The van der Waals surface area contributed by atoms with E-state index in [0.29, 0.717) is 0 Å². The zero-order valence-corrected chi connectivity index (χ0v) is 29.9. The average molecular weight is 703 g/mol. The van der Waals surface area contributed by atoms with Gasteiger partial charge in [-0.3, -0.25) is 0 Å². The molecule has 0 aliphatic heterocycles. The predicted molar refractivity (Wildman–Crippen MR) is 231 cm³/mol. The largest absolute Gasteiger partial charge is 0.456 e. The highest BCUT2D eigenvalue weighted by Gasteiger charge is 2.17. The van der Waals surface area contributed by atoms with Crippen molar-refractivity contribution in [1.29, 1.82) is 0 Å². The summed E-state index contributed by atoms with van der Waals surface area (Å²) >= 11 is 0. The smallest absolute Gasteiger partial charge is 0.136 e. The first-order valence-corrected chi connectivity index (χ1v) is 18.8. The zero-order valence-electron chi connectivity index (χ0n) is 29.9. The molecule has 0 bridgehead atoms. The van der Waals surface area contributed by atoms with Gasteiger partial charge in [0.15, 0.2) is 0 Å². The van der Waals surface area contributed by atoms with Crippen molar-refractivity contribution in [3.63, 3.8) is 0 Å². The van der Waals surface area contributed by atoms with Crippen LogP contribution in [0.2, 0.25) is 0 Å². The number of rotatable bonds is 6. The van der Waals surface area contributed by atoms with Crippen molar-refractivity contribution >= 4 is 71.6 Å². The van der Waals surface area contributed by atoms with Crippen molar-refractivity contribution in [1.82, 2.24) is 4.57 Å². The van der Waals surface area contributed by atoms with Gasteiger partial charge in [0, 0.05) is 44.0 Å². The minimum Gasteiger partial charge on any atom is -0.456 e. The molecule has 0 amide bonds. The molecule has 3 nitrogen and oxygen atoms in total. The van der Waals surface area contributed by atoms with Crippen LogP contribution < -0.4 is 4.90 Å². The molecule has 258 valence electrons. The maximum absolute atomic E-state index is 6.22. The van der Waals surface area contributed by atoms with Gasteiger partial charge in [-0.15, -0.1) is 0 Å². The Morgan fingerprint density at radius 2 is 0.909 bits per heavy atom. The third-order valence-electron chi connectivity index (χ3n) is 11.0. The predicted octanol–water partition coefficient (Wildman–Crippen LogP) is 14.6. The molecule has 0 unspecified atom stereocenters. The highest BCUT2D eigenvalue weighted by atomic mass is 16.3. The van der Waals surface area contributed by atoms with Crippen molar-refractivity contribution in [2.24, 2.45) is 0 Å². The topological polar surface area (TPSA) is 21.3 Å². The molecule has 55 heavy (non-hydrogen) atoms. The monoisotopic (exact) mass is 702 g/mol. The fraction of sp³-hybridized carbons (Fsp3) is 0. The third-order valence-corrected chi connectivity index (χ3v) is 11.0. The van der Waals surface area contributed by atoms with Gasteiger partial charge in [0.25, 0.3) is 0 Å². The van der Waals surface area contributed by atoms with Gasteiger partial charge < -0.3 is 13.9 Å². The van der Waals surface area contributed by atoms with Crippen molar-refractivity contribution in [3.8, 4) is 27.9 Å². The van der Waals surface area contributed by atoms with E-state index in [2.05, 4.69) is 204 Å². The summed E-state index contributed by atoms with van der Waals surface area (Å²) in [7, 11) is 0. The molecule has 2 heterocycles. The van der Waals surface area contributed by atoms with E-state index in [0.717, 1.165) is 50.1 Å². The van der Waals surface area contributed by atoms with E-state index < -0.39 is 0 Å². The number of hydrogen-bond acceptors (Lipinski definition) is 2. The second kappa shape index (κ2) is 12.6. The highest BCUT2D eigenvalue weighted by molar-refractivity contribution is 6.10. The molecule has 9 aromatic carbocycles. The van der Waals surface area contributed by atoms with Gasteiger partial charge in [-0.25, -0.2) is 0 Å². The second-order valence-corrected chi connectivity index (χ2v) is 14.2. The molecule has 0 saturated carbocycles. The van der Waals surface area contributed by atoms with E-state index >= 15 is 0 Å². The molecular formula is C52H34N2O. The van der Waals surface area contributed by atoms with Crippen LogP contribution in [0, 0.1) is 0 Å². The van der Waals surface area contributed by atoms with E-state index in [1.165, 1.54) is 49.4 Å². The molecular weight excluding hydrogens is 669 g/mol. The number of benzene rings is 9. The summed E-state index contributed by atoms with van der Waals surface area (Å²) in [5, 5.41) is 7.20. The van der Waals surface area contributed by atoms with Gasteiger partial charge in [0.1, 0.15) is 11.2 Å². The summed E-state index contributed by atoms with van der Waals surface area (Å²) in [5.41, 5.74) is 13.4. The van der Waals surface area contributed by atoms with Gasteiger partial charge >= 0.3 is 0 Å². The Kier molecular flexibility index (Phi) is 7.17. The number of anilines is 3. The number of aromatic nitrogens is 1. The number of nitrogens with zero attached hydrogens (tertiary/aromatic N) is 2. The van der Waals surface area contributed by atoms with Gasteiger partial charge in [-0.05, 0) is 107 Å². The normalized spacial score (nSPS) is 11.6. The summed E-state index contributed by atoms with van der Waals surface area (Å²) in [5.74, 6) is 0. The Morgan fingerprint density at radius 3 is 1.69 bits per heavy atom. The van der Waals surface area contributed by atoms with Crippen LogP contribution >= 0.6 is 0 Å². The summed E-state index contributed by atoms with van der Waals surface area (Å²) in [4.78, 5) is 2.37. The lowest BCUT2D eigenvalue weighted by atomic mass is 10.0. The van der Waals surface area contributed by atoms with Gasteiger partial charge in [-0.1, -0.05) is 127 Å². The Hall–Kier alpha value is -7.36. The molecule has 11 aromatic rings. The van der Waals surface area contributed by atoms with Crippen molar-refractivity contribution in [2.45, 2.75) is 0 Å². The van der Waals surface area contributed by atoms with Gasteiger partial charge in [-0.2, -0.15) is 0 Å². The van der Waals surface area contributed by atoms with Crippen LogP contribution in [-0.2, 0) is 0 Å². The van der Waals surface area contributed by atoms with E-state index in [9.17, 15) is 0 Å². The number of para-hydroxylation sites is 3. The molecule has 11 rings (SSSR count).